The first-order chi connectivity index (χ1) is 20.1. The number of rotatable bonds is 29. The number of allylic oxidation sites excluding steroid dienone is 9. The van der Waals surface area contributed by atoms with E-state index in [2.05, 4.69) is 68.5 Å². The van der Waals surface area contributed by atoms with Crippen LogP contribution in [0.25, 0.3) is 0 Å². The second kappa shape index (κ2) is 32.2. The Balaban J connectivity index is 4.29. The zero-order chi connectivity index (χ0) is 30.1. The van der Waals surface area contributed by atoms with Crippen LogP contribution in [-0.2, 0) is 14.3 Å². The second-order valence-electron chi connectivity index (χ2n) is 11.0. The molecule has 0 aromatic heterocycles. The summed E-state index contributed by atoms with van der Waals surface area (Å²) in [5.41, 5.74) is 0. The van der Waals surface area contributed by atoms with Crippen LogP contribution in [0.2, 0.25) is 0 Å². The molecular weight excluding hydrogens is 508 g/mol. The number of carbonyl (C=O) groups is 2. The molecule has 0 fully saturated rings. The number of ether oxygens (including phenoxy) is 1. The fourth-order valence-electron chi connectivity index (χ4n) is 4.50. The molecule has 0 saturated carbocycles. The zero-order valence-electron chi connectivity index (χ0n) is 26.6. The van der Waals surface area contributed by atoms with E-state index in [9.17, 15) is 9.59 Å². The minimum atomic E-state index is -0.721. The van der Waals surface area contributed by atoms with Gasteiger partial charge in [-0.3, -0.25) is 9.59 Å². The first-order valence-electron chi connectivity index (χ1n) is 16.8. The van der Waals surface area contributed by atoms with E-state index in [1.165, 1.54) is 51.4 Å². The maximum Gasteiger partial charge on any atom is 0.306 e. The van der Waals surface area contributed by atoms with Gasteiger partial charge >= 0.3 is 11.9 Å². The summed E-state index contributed by atoms with van der Waals surface area (Å²) in [6.07, 6.45) is 43.8. The van der Waals surface area contributed by atoms with Crippen molar-refractivity contribution in [2.75, 3.05) is 0 Å². The number of unbranched alkanes of at least 4 members (excludes halogenated alkanes) is 12. The van der Waals surface area contributed by atoms with Crippen molar-refractivity contribution in [2.45, 2.75) is 161 Å². The molecule has 0 spiro atoms. The smallest absolute Gasteiger partial charge is 0.306 e. The van der Waals surface area contributed by atoms with E-state index in [1.807, 2.05) is 6.08 Å². The van der Waals surface area contributed by atoms with Gasteiger partial charge in [-0.1, -0.05) is 120 Å². The van der Waals surface area contributed by atoms with Gasteiger partial charge in [-0.2, -0.15) is 0 Å². The quantitative estimate of drug-likeness (QED) is 0.0552. The highest BCUT2D eigenvalue weighted by Gasteiger charge is 2.11. The summed E-state index contributed by atoms with van der Waals surface area (Å²) >= 11 is 0. The van der Waals surface area contributed by atoms with Gasteiger partial charge in [-0.05, 0) is 83.1 Å². The highest BCUT2D eigenvalue weighted by atomic mass is 16.5. The van der Waals surface area contributed by atoms with Gasteiger partial charge in [0.2, 0.25) is 0 Å². The molecule has 4 heteroatoms. The normalized spacial score (nSPS) is 13.0. The van der Waals surface area contributed by atoms with Crippen LogP contribution in [0.5, 0.6) is 0 Å². The molecule has 0 aromatic rings. The Morgan fingerprint density at radius 2 is 1.10 bits per heavy atom. The first-order valence-corrected chi connectivity index (χ1v) is 16.8. The van der Waals surface area contributed by atoms with Crippen molar-refractivity contribution < 1.29 is 19.4 Å². The lowest BCUT2D eigenvalue weighted by atomic mass is 10.1. The van der Waals surface area contributed by atoms with E-state index in [-0.39, 0.29) is 18.5 Å². The Kier molecular flexibility index (Phi) is 30.3. The molecule has 0 radical (unpaired) electrons. The number of carboxylic acid groups (broad SMARTS) is 1. The minimum absolute atomic E-state index is 0.0890. The number of aliphatic carboxylic acids is 1. The van der Waals surface area contributed by atoms with E-state index in [1.54, 1.807) is 0 Å². The van der Waals surface area contributed by atoms with Crippen LogP contribution in [0, 0.1) is 0 Å². The third-order valence-electron chi connectivity index (χ3n) is 6.96. The number of carbonyl (C=O) groups excluding carboxylic acids is 1. The van der Waals surface area contributed by atoms with Crippen LogP contribution in [0.3, 0.4) is 0 Å². The zero-order valence-corrected chi connectivity index (χ0v) is 26.6. The van der Waals surface area contributed by atoms with Crippen LogP contribution < -0.4 is 0 Å². The van der Waals surface area contributed by atoms with E-state index in [0.29, 0.717) is 6.42 Å². The molecule has 0 aromatic carbocycles. The molecule has 0 amide bonds. The lowest BCUT2D eigenvalue weighted by molar-refractivity contribution is -0.147. The number of esters is 1. The standard InChI is InChI=1S/C37H62O4/c1-3-5-7-9-11-13-15-17-19-21-26-30-34-37(40)41-35(32-28-24-22-25-29-33-36(38)39)31-27-23-20-18-16-14-12-10-8-6-4-2/h6,8,11-14,18,20,27,31,35H,3-5,7,9-10,15-17,19,21-26,28-30,32-34H2,1-2H3,(H,38,39)/b8-6-,13-11-,14-12-,20-18-,31-27-. The Bertz CT molecular complexity index is 744. The summed E-state index contributed by atoms with van der Waals surface area (Å²) in [6.45, 7) is 4.39. The molecule has 0 heterocycles. The fraction of sp³-hybridized carbons (Fsp3) is 0.676. The second-order valence-corrected chi connectivity index (χ2v) is 11.0. The summed E-state index contributed by atoms with van der Waals surface area (Å²) < 4.78 is 5.85. The number of carboxylic acids is 1. The summed E-state index contributed by atoms with van der Waals surface area (Å²) in [6, 6.07) is 0. The van der Waals surface area contributed by atoms with Gasteiger partial charge in [0.15, 0.2) is 0 Å². The molecule has 0 aliphatic rings. The van der Waals surface area contributed by atoms with Crippen molar-refractivity contribution >= 4 is 11.9 Å². The van der Waals surface area contributed by atoms with E-state index < -0.39 is 5.97 Å². The van der Waals surface area contributed by atoms with Gasteiger partial charge in [0.1, 0.15) is 6.10 Å². The Morgan fingerprint density at radius 1 is 0.585 bits per heavy atom. The van der Waals surface area contributed by atoms with E-state index >= 15 is 0 Å². The molecule has 0 aliphatic heterocycles. The van der Waals surface area contributed by atoms with Crippen molar-refractivity contribution in [3.8, 4) is 0 Å². The lowest BCUT2D eigenvalue weighted by Crippen LogP contribution is -2.16. The van der Waals surface area contributed by atoms with Crippen LogP contribution in [0.1, 0.15) is 155 Å². The minimum Gasteiger partial charge on any atom is -0.481 e. The van der Waals surface area contributed by atoms with Crippen LogP contribution in [0.4, 0.5) is 0 Å². The van der Waals surface area contributed by atoms with Crippen LogP contribution in [-0.4, -0.2) is 23.1 Å². The molecule has 41 heavy (non-hydrogen) atoms. The molecule has 1 atom stereocenters. The van der Waals surface area contributed by atoms with Crippen molar-refractivity contribution in [3.05, 3.63) is 60.8 Å². The maximum absolute atomic E-state index is 12.5. The molecule has 0 saturated heterocycles. The Morgan fingerprint density at radius 3 is 1.71 bits per heavy atom. The first kappa shape index (κ1) is 38.6. The van der Waals surface area contributed by atoms with Crippen molar-refractivity contribution in [1.82, 2.24) is 0 Å². The monoisotopic (exact) mass is 570 g/mol. The molecule has 0 aliphatic carbocycles. The summed E-state index contributed by atoms with van der Waals surface area (Å²) in [5.74, 6) is -0.810. The summed E-state index contributed by atoms with van der Waals surface area (Å²) in [4.78, 5) is 23.2. The van der Waals surface area contributed by atoms with Gasteiger partial charge < -0.3 is 9.84 Å². The molecule has 1 unspecified atom stereocenters. The molecule has 234 valence electrons. The molecule has 4 nitrogen and oxygen atoms in total. The average Bonchev–Trinajstić information content (AvgIpc) is 2.95. The topological polar surface area (TPSA) is 63.6 Å². The van der Waals surface area contributed by atoms with Gasteiger partial charge in [-0.25, -0.2) is 0 Å². The molecule has 1 N–H and O–H groups in total. The molecule has 0 rings (SSSR count). The average molecular weight is 571 g/mol. The molecular formula is C37H62O4. The maximum atomic E-state index is 12.5. The van der Waals surface area contributed by atoms with E-state index in [4.69, 9.17) is 9.84 Å². The van der Waals surface area contributed by atoms with E-state index in [0.717, 1.165) is 77.0 Å². The summed E-state index contributed by atoms with van der Waals surface area (Å²) in [5, 5.41) is 8.77. The SMILES string of the molecule is CC/C=C\C/C=C\C/C=C\C/C=C\C(CCCCCCCC(=O)O)OC(=O)CCCCCCC/C=C\CCCCC. The van der Waals surface area contributed by atoms with Crippen LogP contribution >= 0.6 is 0 Å². The fourth-order valence-corrected chi connectivity index (χ4v) is 4.50. The third-order valence-corrected chi connectivity index (χ3v) is 6.96. The number of hydrogen-bond acceptors (Lipinski definition) is 3. The summed E-state index contributed by atoms with van der Waals surface area (Å²) in [7, 11) is 0. The highest BCUT2D eigenvalue weighted by molar-refractivity contribution is 5.69. The highest BCUT2D eigenvalue weighted by Crippen LogP contribution is 2.14. The lowest BCUT2D eigenvalue weighted by Gasteiger charge is -2.14. The van der Waals surface area contributed by atoms with Crippen molar-refractivity contribution in [1.29, 1.82) is 0 Å². The number of hydrogen-bond donors (Lipinski definition) is 1. The van der Waals surface area contributed by atoms with Crippen molar-refractivity contribution in [2.24, 2.45) is 0 Å². The third kappa shape index (κ3) is 32.0. The Labute approximate surface area is 253 Å². The van der Waals surface area contributed by atoms with Gasteiger partial charge in [0.25, 0.3) is 0 Å². The Hall–Kier alpha value is -2.36. The molecule has 0 bridgehead atoms. The largest absolute Gasteiger partial charge is 0.481 e. The van der Waals surface area contributed by atoms with Crippen LogP contribution in [0.15, 0.2) is 60.8 Å². The predicted octanol–water partition coefficient (Wildman–Crippen LogP) is 11.4. The van der Waals surface area contributed by atoms with Gasteiger partial charge in [-0.15, -0.1) is 0 Å². The van der Waals surface area contributed by atoms with Gasteiger partial charge in [0, 0.05) is 12.8 Å². The van der Waals surface area contributed by atoms with Crippen molar-refractivity contribution in [3.63, 3.8) is 0 Å². The predicted molar refractivity (Wildman–Crippen MR) is 176 cm³/mol. The van der Waals surface area contributed by atoms with Gasteiger partial charge in [0.05, 0.1) is 0 Å².